The maximum Gasteiger partial charge on any atom is 0.252 e. The van der Waals surface area contributed by atoms with Gasteiger partial charge in [-0.1, -0.05) is 31.2 Å². The summed E-state index contributed by atoms with van der Waals surface area (Å²) in [5.74, 6) is -1.32. The highest BCUT2D eigenvalue weighted by molar-refractivity contribution is 7.91. The Morgan fingerprint density at radius 3 is 2.38 bits per heavy atom. The van der Waals surface area contributed by atoms with Crippen molar-refractivity contribution in [2.45, 2.75) is 30.4 Å². The average Bonchev–Trinajstić information content (AvgIpc) is 3.32. The molecular weight excluding hydrogens is 370 g/mol. The second kappa shape index (κ2) is 7.73. The number of rotatable bonds is 6. The Bertz CT molecular complexity index is 921. The van der Waals surface area contributed by atoms with E-state index in [4.69, 9.17) is 0 Å². The van der Waals surface area contributed by atoms with Crippen LogP contribution in [0.1, 0.15) is 35.8 Å². The van der Waals surface area contributed by atoms with Gasteiger partial charge in [0.1, 0.15) is 4.21 Å². The zero-order valence-electron chi connectivity index (χ0n) is 14.5. The standard InChI is InChI=1S/C19H21NO4S2/c1-2-14-5-7-15(8-6-14)13-16(19(21)22)17-9-10-18(25-17)26(23,24)20-11-3-4-12-20/h5-10,13H,2-4,11-12H2,1H3,(H,21,22)/p-1/b16-13-. The zero-order valence-corrected chi connectivity index (χ0v) is 16.1. The first-order valence-corrected chi connectivity index (χ1v) is 10.8. The Morgan fingerprint density at radius 1 is 1.15 bits per heavy atom. The van der Waals surface area contributed by atoms with Crippen LogP contribution in [0.2, 0.25) is 0 Å². The second-order valence-electron chi connectivity index (χ2n) is 6.17. The molecule has 0 bridgehead atoms. The second-order valence-corrected chi connectivity index (χ2v) is 9.42. The van der Waals surface area contributed by atoms with Gasteiger partial charge in [0.05, 0.1) is 5.97 Å². The van der Waals surface area contributed by atoms with Crippen LogP contribution < -0.4 is 5.11 Å². The van der Waals surface area contributed by atoms with Gasteiger partial charge in [-0.25, -0.2) is 8.42 Å². The first-order chi connectivity index (χ1) is 12.4. The predicted molar refractivity (Wildman–Crippen MR) is 101 cm³/mol. The van der Waals surface area contributed by atoms with Crippen LogP contribution in [0.3, 0.4) is 0 Å². The van der Waals surface area contributed by atoms with E-state index in [0.717, 1.165) is 41.7 Å². The lowest BCUT2D eigenvalue weighted by atomic mass is 10.1. The van der Waals surface area contributed by atoms with Gasteiger partial charge >= 0.3 is 0 Å². The number of sulfonamides is 1. The summed E-state index contributed by atoms with van der Waals surface area (Å²) in [6, 6.07) is 10.6. The maximum absolute atomic E-state index is 12.6. The molecule has 0 amide bonds. The van der Waals surface area contributed by atoms with Gasteiger partial charge in [-0.15, -0.1) is 11.3 Å². The highest BCUT2D eigenvalue weighted by atomic mass is 32.2. The van der Waals surface area contributed by atoms with Crippen molar-refractivity contribution in [3.05, 3.63) is 52.4 Å². The van der Waals surface area contributed by atoms with Crippen molar-refractivity contribution in [1.29, 1.82) is 0 Å². The van der Waals surface area contributed by atoms with Gasteiger partial charge in [0.15, 0.2) is 0 Å². The van der Waals surface area contributed by atoms with Gasteiger partial charge in [0, 0.05) is 23.5 Å². The Hall–Kier alpha value is -1.96. The number of hydrogen-bond donors (Lipinski definition) is 0. The lowest BCUT2D eigenvalue weighted by molar-refractivity contribution is -0.295. The molecule has 1 aromatic carbocycles. The van der Waals surface area contributed by atoms with Crippen molar-refractivity contribution in [2.24, 2.45) is 0 Å². The molecule has 0 unspecified atom stereocenters. The molecule has 0 spiro atoms. The number of thiophene rings is 1. The van der Waals surface area contributed by atoms with Crippen LogP contribution in [0.5, 0.6) is 0 Å². The maximum atomic E-state index is 12.6. The minimum Gasteiger partial charge on any atom is -0.545 e. The quantitative estimate of drug-likeness (QED) is 0.710. The van der Waals surface area contributed by atoms with Gasteiger partial charge in [-0.05, 0) is 48.6 Å². The molecule has 26 heavy (non-hydrogen) atoms. The summed E-state index contributed by atoms with van der Waals surface area (Å²) in [6.07, 6.45) is 4.14. The van der Waals surface area contributed by atoms with E-state index in [1.54, 1.807) is 0 Å². The van der Waals surface area contributed by atoms with E-state index < -0.39 is 16.0 Å². The molecule has 2 aromatic rings. The van der Waals surface area contributed by atoms with Crippen molar-refractivity contribution in [3.8, 4) is 0 Å². The monoisotopic (exact) mass is 390 g/mol. The average molecular weight is 391 g/mol. The van der Waals surface area contributed by atoms with Crippen molar-refractivity contribution in [1.82, 2.24) is 4.31 Å². The lowest BCUT2D eigenvalue weighted by Gasteiger charge is -2.13. The molecule has 138 valence electrons. The third kappa shape index (κ3) is 3.90. The fourth-order valence-corrected chi connectivity index (χ4v) is 5.89. The Kier molecular flexibility index (Phi) is 5.60. The fourth-order valence-electron chi connectivity index (χ4n) is 2.91. The summed E-state index contributed by atoms with van der Waals surface area (Å²) >= 11 is 0.971. The molecule has 2 heterocycles. The zero-order chi connectivity index (χ0) is 18.7. The Balaban J connectivity index is 1.93. The summed E-state index contributed by atoms with van der Waals surface area (Å²) in [5.41, 5.74) is 1.88. The van der Waals surface area contributed by atoms with Gasteiger partial charge in [0.2, 0.25) is 0 Å². The molecule has 1 aliphatic heterocycles. The molecule has 3 rings (SSSR count). The molecule has 1 fully saturated rings. The van der Waals surface area contributed by atoms with E-state index in [-0.39, 0.29) is 9.78 Å². The molecule has 0 N–H and O–H groups in total. The van der Waals surface area contributed by atoms with Crippen molar-refractivity contribution >= 4 is 39.0 Å². The lowest BCUT2D eigenvalue weighted by Crippen LogP contribution is -2.27. The van der Waals surface area contributed by atoms with Gasteiger partial charge in [-0.2, -0.15) is 4.31 Å². The van der Waals surface area contributed by atoms with E-state index in [1.807, 2.05) is 31.2 Å². The predicted octanol–water partition coefficient (Wildman–Crippen LogP) is 2.39. The molecule has 0 atom stereocenters. The first kappa shape index (κ1) is 18.8. The number of carboxylic acid groups (broad SMARTS) is 1. The van der Waals surface area contributed by atoms with Crippen LogP contribution in [-0.2, 0) is 21.2 Å². The summed E-state index contributed by atoms with van der Waals surface area (Å²) in [7, 11) is -3.55. The number of nitrogens with zero attached hydrogens (tertiary/aromatic N) is 1. The number of hydrogen-bond acceptors (Lipinski definition) is 5. The molecule has 1 saturated heterocycles. The third-order valence-electron chi connectivity index (χ3n) is 4.42. The number of carbonyl (C=O) groups is 1. The van der Waals surface area contributed by atoms with Crippen LogP contribution in [0.15, 0.2) is 40.6 Å². The molecule has 0 saturated carbocycles. The van der Waals surface area contributed by atoms with E-state index in [2.05, 4.69) is 0 Å². The van der Waals surface area contributed by atoms with Crippen LogP contribution in [0, 0.1) is 0 Å². The van der Waals surface area contributed by atoms with Crippen LogP contribution >= 0.6 is 11.3 Å². The Labute approximate surface area is 157 Å². The summed E-state index contributed by atoms with van der Waals surface area (Å²) in [6.45, 7) is 3.08. The Morgan fingerprint density at radius 2 is 1.81 bits per heavy atom. The van der Waals surface area contributed by atoms with Crippen LogP contribution in [0.25, 0.3) is 11.6 Å². The van der Waals surface area contributed by atoms with Crippen molar-refractivity contribution < 1.29 is 18.3 Å². The molecule has 1 aromatic heterocycles. The third-order valence-corrected chi connectivity index (χ3v) is 7.91. The van der Waals surface area contributed by atoms with Crippen molar-refractivity contribution in [3.63, 3.8) is 0 Å². The van der Waals surface area contributed by atoms with Gasteiger partial charge in [0.25, 0.3) is 10.0 Å². The summed E-state index contributed by atoms with van der Waals surface area (Å²) in [4.78, 5) is 12.0. The van der Waals surface area contributed by atoms with E-state index >= 15 is 0 Å². The molecule has 7 heteroatoms. The topological polar surface area (TPSA) is 77.5 Å². The van der Waals surface area contributed by atoms with E-state index in [1.165, 1.54) is 22.5 Å². The van der Waals surface area contributed by atoms with Crippen LogP contribution in [0.4, 0.5) is 0 Å². The summed E-state index contributed by atoms with van der Waals surface area (Å²) in [5, 5.41) is 11.6. The normalized spacial score (nSPS) is 16.1. The van der Waals surface area contributed by atoms with E-state index in [0.29, 0.717) is 18.0 Å². The largest absolute Gasteiger partial charge is 0.545 e. The summed E-state index contributed by atoms with van der Waals surface area (Å²) < 4.78 is 26.9. The smallest absolute Gasteiger partial charge is 0.252 e. The van der Waals surface area contributed by atoms with Gasteiger partial charge < -0.3 is 9.90 Å². The molecule has 0 aliphatic carbocycles. The molecule has 1 aliphatic rings. The number of carboxylic acids is 1. The number of aryl methyl sites for hydroxylation is 1. The van der Waals surface area contributed by atoms with Gasteiger partial charge in [-0.3, -0.25) is 0 Å². The number of benzene rings is 1. The molecule has 0 radical (unpaired) electrons. The fraction of sp³-hybridized carbons (Fsp3) is 0.316. The van der Waals surface area contributed by atoms with Crippen LogP contribution in [-0.4, -0.2) is 31.8 Å². The molecule has 5 nitrogen and oxygen atoms in total. The van der Waals surface area contributed by atoms with E-state index in [9.17, 15) is 18.3 Å². The van der Waals surface area contributed by atoms with Crippen molar-refractivity contribution in [2.75, 3.05) is 13.1 Å². The SMILES string of the molecule is CCc1ccc(/C=C(\C(=O)[O-])c2ccc(S(=O)(=O)N3CCCC3)s2)cc1. The minimum atomic E-state index is -3.55. The highest BCUT2D eigenvalue weighted by Gasteiger charge is 2.28. The first-order valence-electron chi connectivity index (χ1n) is 8.54. The highest BCUT2D eigenvalue weighted by Crippen LogP contribution is 2.31. The minimum absolute atomic E-state index is 0.0119. The number of carbonyl (C=O) groups excluding carboxylic acids is 1. The number of aliphatic carboxylic acids is 1. The molecular formula is C19H20NO4S2-.